The van der Waals surface area contributed by atoms with E-state index in [1.165, 1.54) is 0 Å². The number of aliphatic hydroxyl groups excluding tert-OH is 2. The lowest BCUT2D eigenvalue weighted by atomic mass is 10.0. The lowest BCUT2D eigenvalue weighted by Crippen LogP contribution is -2.45. The fraction of sp³-hybridized carbons (Fsp3) is 0.462. The van der Waals surface area contributed by atoms with Crippen molar-refractivity contribution in [3.63, 3.8) is 0 Å². The Morgan fingerprint density at radius 1 is 1.38 bits per heavy atom. The van der Waals surface area contributed by atoms with Gasteiger partial charge in [-0.05, 0) is 31.5 Å². The summed E-state index contributed by atoms with van der Waals surface area (Å²) in [5, 5.41) is 22.1. The van der Waals surface area contributed by atoms with Gasteiger partial charge in [0.2, 0.25) is 5.69 Å². The summed E-state index contributed by atoms with van der Waals surface area (Å²) in [7, 11) is 0. The monoisotopic (exact) mass is 355 g/mol. The maximum absolute atomic E-state index is 9.47. The van der Waals surface area contributed by atoms with Crippen LogP contribution in [-0.4, -0.2) is 29.0 Å². The maximum Gasteiger partial charge on any atom is 0.211 e. The molecule has 8 heteroatoms. The summed E-state index contributed by atoms with van der Waals surface area (Å²) in [5.74, 6) is 0. The molecule has 1 aromatic rings. The van der Waals surface area contributed by atoms with E-state index in [1.807, 2.05) is 13.8 Å². The molecule has 0 aliphatic heterocycles. The molecule has 1 unspecified atom stereocenters. The van der Waals surface area contributed by atoms with Crippen molar-refractivity contribution in [2.24, 2.45) is 0 Å². The normalized spacial score (nSPS) is 11.8. The van der Waals surface area contributed by atoms with Crippen LogP contribution in [0.5, 0.6) is 0 Å². The maximum atomic E-state index is 9.47. The zero-order valence-electron chi connectivity index (χ0n) is 11.8. The van der Waals surface area contributed by atoms with Crippen molar-refractivity contribution < 1.29 is 10.2 Å². The molecule has 0 aromatic heterocycles. The van der Waals surface area contributed by atoms with Gasteiger partial charge in [0.15, 0.2) is 0 Å². The van der Waals surface area contributed by atoms with Crippen LogP contribution >= 0.6 is 36.4 Å². The molecule has 120 valence electrons. The Balaban J connectivity index is 0. The Morgan fingerprint density at radius 3 is 2.38 bits per heavy atom. The van der Waals surface area contributed by atoms with Crippen molar-refractivity contribution in [3.05, 3.63) is 34.1 Å². The Hall–Kier alpha value is -0.740. The summed E-state index contributed by atoms with van der Waals surface area (Å²) >= 11 is 5.98. The fourth-order valence-electron chi connectivity index (χ4n) is 1.67. The van der Waals surface area contributed by atoms with E-state index >= 15 is 0 Å². The lowest BCUT2D eigenvalue weighted by molar-refractivity contribution is 0.150. The average molecular weight is 357 g/mol. The Bertz CT molecular complexity index is 504. The van der Waals surface area contributed by atoms with Crippen LogP contribution < -0.4 is 11.1 Å². The number of benzene rings is 1. The molecule has 1 atom stereocenters. The minimum Gasteiger partial charge on any atom is -0.406 e. The molecule has 0 saturated heterocycles. The average Bonchev–Trinajstić information content (AvgIpc) is 2.39. The highest BCUT2D eigenvalue weighted by Crippen LogP contribution is 2.34. The van der Waals surface area contributed by atoms with Gasteiger partial charge in [-0.15, -0.1) is 24.8 Å². The standard InChI is InChI=1S/C13H18ClN3O2.2ClH/c1-13(2,7-19)17-11(6-18)8-4-9(14)12(15)10(5-8)16-3;;/h4-5,11,17-19H,6-7,15H2,1-2H3;2*1H. The van der Waals surface area contributed by atoms with Crippen LogP contribution in [0.15, 0.2) is 12.1 Å². The van der Waals surface area contributed by atoms with Crippen molar-refractivity contribution >= 4 is 47.8 Å². The van der Waals surface area contributed by atoms with E-state index in [2.05, 4.69) is 10.2 Å². The van der Waals surface area contributed by atoms with Crippen LogP contribution in [0.2, 0.25) is 5.02 Å². The summed E-state index contributed by atoms with van der Waals surface area (Å²) in [6.07, 6.45) is 0. The molecule has 21 heavy (non-hydrogen) atoms. The second-order valence-electron chi connectivity index (χ2n) is 4.97. The molecule has 5 nitrogen and oxygen atoms in total. The highest BCUT2D eigenvalue weighted by molar-refractivity contribution is 6.33. The molecule has 0 spiro atoms. The summed E-state index contributed by atoms with van der Waals surface area (Å²) < 4.78 is 0. The van der Waals surface area contributed by atoms with Gasteiger partial charge in [0.1, 0.15) is 0 Å². The molecule has 0 saturated carbocycles. The third-order valence-electron chi connectivity index (χ3n) is 2.80. The van der Waals surface area contributed by atoms with Crippen LogP contribution in [0.25, 0.3) is 4.85 Å². The molecule has 0 heterocycles. The summed E-state index contributed by atoms with van der Waals surface area (Å²) in [5.41, 5.74) is 6.28. The van der Waals surface area contributed by atoms with Crippen molar-refractivity contribution in [3.8, 4) is 0 Å². The van der Waals surface area contributed by atoms with Crippen molar-refractivity contribution in [1.29, 1.82) is 0 Å². The lowest BCUT2D eigenvalue weighted by Gasteiger charge is -2.30. The first-order chi connectivity index (χ1) is 8.84. The third kappa shape index (κ3) is 5.87. The van der Waals surface area contributed by atoms with Crippen molar-refractivity contribution in [1.82, 2.24) is 5.32 Å². The number of hydrogen-bond donors (Lipinski definition) is 4. The first-order valence-electron chi connectivity index (χ1n) is 5.80. The topological polar surface area (TPSA) is 82.9 Å². The molecular weight excluding hydrogens is 337 g/mol. The smallest absolute Gasteiger partial charge is 0.211 e. The molecule has 0 amide bonds. The highest BCUT2D eigenvalue weighted by atomic mass is 35.5. The molecule has 1 aromatic carbocycles. The largest absolute Gasteiger partial charge is 0.406 e. The van der Waals surface area contributed by atoms with E-state index in [9.17, 15) is 10.2 Å². The molecule has 0 aliphatic carbocycles. The Labute approximate surface area is 142 Å². The zero-order chi connectivity index (χ0) is 14.6. The Morgan fingerprint density at radius 2 is 1.95 bits per heavy atom. The quantitative estimate of drug-likeness (QED) is 0.483. The molecular formula is C13H20Cl3N3O2. The number of anilines is 1. The van der Waals surface area contributed by atoms with Crippen LogP contribution in [-0.2, 0) is 0 Å². The first kappa shape index (κ1) is 22.5. The molecule has 1 rings (SSSR count). The number of nitrogens with zero attached hydrogens (tertiary/aromatic N) is 1. The predicted octanol–water partition coefficient (Wildman–Crippen LogP) is 2.71. The molecule has 5 N–H and O–H groups in total. The number of aliphatic hydroxyl groups is 2. The van der Waals surface area contributed by atoms with Gasteiger partial charge in [0.05, 0.1) is 36.5 Å². The minimum atomic E-state index is -0.556. The number of hydrogen-bond acceptors (Lipinski definition) is 4. The number of halogens is 3. The second-order valence-corrected chi connectivity index (χ2v) is 5.38. The van der Waals surface area contributed by atoms with E-state index in [1.54, 1.807) is 12.1 Å². The summed E-state index contributed by atoms with van der Waals surface area (Å²) in [4.78, 5) is 3.31. The van der Waals surface area contributed by atoms with Crippen molar-refractivity contribution in [2.45, 2.75) is 25.4 Å². The first-order valence-corrected chi connectivity index (χ1v) is 6.18. The van der Waals surface area contributed by atoms with Crippen LogP contribution in [0.1, 0.15) is 25.5 Å². The fourth-order valence-corrected chi connectivity index (χ4v) is 1.89. The van der Waals surface area contributed by atoms with E-state index in [4.69, 9.17) is 23.9 Å². The zero-order valence-corrected chi connectivity index (χ0v) is 14.1. The third-order valence-corrected chi connectivity index (χ3v) is 3.11. The van der Waals surface area contributed by atoms with Crippen LogP contribution in [0.4, 0.5) is 11.4 Å². The molecule has 0 bridgehead atoms. The van der Waals surface area contributed by atoms with Gasteiger partial charge >= 0.3 is 0 Å². The van der Waals surface area contributed by atoms with Crippen LogP contribution in [0, 0.1) is 6.57 Å². The van der Waals surface area contributed by atoms with Gasteiger partial charge in [0, 0.05) is 5.54 Å². The van der Waals surface area contributed by atoms with Gasteiger partial charge < -0.3 is 21.3 Å². The number of rotatable bonds is 5. The second kappa shape index (κ2) is 9.31. The highest BCUT2D eigenvalue weighted by Gasteiger charge is 2.23. The summed E-state index contributed by atoms with van der Waals surface area (Å²) in [6, 6.07) is 2.78. The van der Waals surface area contributed by atoms with Gasteiger partial charge in [-0.2, -0.15) is 0 Å². The minimum absolute atomic E-state index is 0. The van der Waals surface area contributed by atoms with E-state index in [-0.39, 0.29) is 54.4 Å². The van der Waals surface area contributed by atoms with E-state index in [0.717, 1.165) is 0 Å². The Kier molecular flexibility index (Phi) is 10.00. The molecule has 0 fully saturated rings. The van der Waals surface area contributed by atoms with Crippen LogP contribution in [0.3, 0.4) is 0 Å². The van der Waals surface area contributed by atoms with Gasteiger partial charge in [0.25, 0.3) is 0 Å². The van der Waals surface area contributed by atoms with Gasteiger partial charge in [-0.1, -0.05) is 11.6 Å². The number of nitrogens with one attached hydrogen (secondary N) is 1. The van der Waals surface area contributed by atoms with Gasteiger partial charge in [-0.25, -0.2) is 4.85 Å². The molecule has 0 radical (unpaired) electrons. The number of nitrogen functional groups attached to an aromatic ring is 1. The predicted molar refractivity (Wildman–Crippen MR) is 90.7 cm³/mol. The molecule has 0 aliphatic rings. The van der Waals surface area contributed by atoms with E-state index in [0.29, 0.717) is 5.56 Å². The van der Waals surface area contributed by atoms with E-state index < -0.39 is 11.6 Å². The summed E-state index contributed by atoms with van der Waals surface area (Å²) in [6.45, 7) is 10.4. The SMILES string of the molecule is Cl.Cl.[C-]#[N+]c1cc(C(CO)NC(C)(C)CO)cc(Cl)c1N. The van der Waals surface area contributed by atoms with Gasteiger partial charge in [-0.3, -0.25) is 0 Å². The van der Waals surface area contributed by atoms with Crippen molar-refractivity contribution in [2.75, 3.05) is 18.9 Å². The number of nitrogens with two attached hydrogens (primary N) is 1.